The normalized spacial score (nSPS) is 24.6. The third kappa shape index (κ3) is 3.57. The van der Waals surface area contributed by atoms with Crippen LogP contribution in [0.3, 0.4) is 0 Å². The molecule has 0 radical (unpaired) electrons. The predicted octanol–water partition coefficient (Wildman–Crippen LogP) is 2.24. The van der Waals surface area contributed by atoms with Crippen molar-refractivity contribution < 1.29 is 23.9 Å². The van der Waals surface area contributed by atoms with Gasteiger partial charge in [-0.1, -0.05) is 24.3 Å². The third-order valence-electron chi connectivity index (χ3n) is 4.87. The monoisotopic (exact) mass is 343 g/mol. The van der Waals surface area contributed by atoms with Crippen molar-refractivity contribution in [3.63, 3.8) is 0 Å². The zero-order valence-electron chi connectivity index (χ0n) is 14.2. The van der Waals surface area contributed by atoms with Crippen molar-refractivity contribution in [1.82, 2.24) is 0 Å². The number of allylic oxidation sites excluding steroid dienone is 1. The van der Waals surface area contributed by atoms with Gasteiger partial charge in [0.25, 0.3) is 5.91 Å². The molecular formula is C19H21NO5. The first-order valence-electron chi connectivity index (χ1n) is 8.25. The molecule has 2 atom stereocenters. The molecule has 1 saturated heterocycles. The van der Waals surface area contributed by atoms with Gasteiger partial charge in [0.05, 0.1) is 12.0 Å². The second-order valence-corrected chi connectivity index (χ2v) is 6.78. The molecule has 1 heterocycles. The molecule has 0 spiro atoms. The summed E-state index contributed by atoms with van der Waals surface area (Å²) in [5.41, 5.74) is 2.24. The van der Waals surface area contributed by atoms with Gasteiger partial charge in [-0.25, -0.2) is 0 Å². The number of amides is 1. The van der Waals surface area contributed by atoms with Gasteiger partial charge in [0.1, 0.15) is 0 Å². The van der Waals surface area contributed by atoms with Gasteiger partial charge in [0.2, 0.25) is 0 Å². The van der Waals surface area contributed by atoms with Gasteiger partial charge in [-0.05, 0) is 37.0 Å². The summed E-state index contributed by atoms with van der Waals surface area (Å²) in [5.74, 6) is -0.820. The van der Waals surface area contributed by atoms with Crippen LogP contribution in [0.5, 0.6) is 0 Å². The molecule has 1 N–H and O–H groups in total. The average Bonchev–Trinajstić information content (AvgIpc) is 3.02. The molecule has 1 aliphatic carbocycles. The Hall–Kier alpha value is -2.63. The largest absolute Gasteiger partial charge is 0.465 e. The molecule has 0 aromatic heterocycles. The maximum Gasteiger partial charge on any atom is 0.313 e. The Morgan fingerprint density at radius 1 is 1.36 bits per heavy atom. The second-order valence-electron chi connectivity index (χ2n) is 6.78. The highest BCUT2D eigenvalue weighted by Crippen LogP contribution is 2.52. The number of hydrogen-bond donors (Lipinski definition) is 1. The summed E-state index contributed by atoms with van der Waals surface area (Å²) in [6.07, 6.45) is 2.13. The van der Waals surface area contributed by atoms with Gasteiger partial charge in [-0.2, -0.15) is 0 Å². The van der Waals surface area contributed by atoms with E-state index in [-0.39, 0.29) is 18.5 Å². The van der Waals surface area contributed by atoms with Crippen LogP contribution in [-0.2, 0) is 30.3 Å². The molecule has 0 bridgehead atoms. The van der Waals surface area contributed by atoms with E-state index < -0.39 is 17.3 Å². The van der Waals surface area contributed by atoms with Crippen molar-refractivity contribution in [2.45, 2.75) is 26.2 Å². The standard InChI is InChI=1S/C19H21NO5/c1-12-7-15-10-25-18(23)19(15,8-12)9-14-3-5-16(6-4-14)20-17(22)11-24-13(2)21/h3-6,15H,1,7-11H2,2H3,(H,20,22). The van der Waals surface area contributed by atoms with Crippen LogP contribution in [0.2, 0.25) is 0 Å². The van der Waals surface area contributed by atoms with Crippen LogP contribution in [-0.4, -0.2) is 31.1 Å². The number of anilines is 1. The Balaban J connectivity index is 1.65. The minimum Gasteiger partial charge on any atom is -0.465 e. The number of carbonyl (C=O) groups excluding carboxylic acids is 3. The van der Waals surface area contributed by atoms with Crippen LogP contribution < -0.4 is 5.32 Å². The van der Waals surface area contributed by atoms with E-state index in [9.17, 15) is 14.4 Å². The lowest BCUT2D eigenvalue weighted by molar-refractivity contribution is -0.146. The Morgan fingerprint density at radius 2 is 2.08 bits per heavy atom. The highest BCUT2D eigenvalue weighted by Gasteiger charge is 2.55. The van der Waals surface area contributed by atoms with Crippen LogP contribution in [0.25, 0.3) is 0 Å². The summed E-state index contributed by atoms with van der Waals surface area (Å²) in [6, 6.07) is 7.33. The first-order valence-corrected chi connectivity index (χ1v) is 8.25. The van der Waals surface area contributed by atoms with Crippen LogP contribution >= 0.6 is 0 Å². The fraction of sp³-hybridized carbons (Fsp3) is 0.421. The minimum atomic E-state index is -0.499. The Morgan fingerprint density at radius 3 is 2.76 bits per heavy atom. The van der Waals surface area contributed by atoms with Crippen molar-refractivity contribution in [1.29, 1.82) is 0 Å². The molecule has 1 amide bonds. The SMILES string of the molecule is C=C1CC2COC(=O)C2(Cc2ccc(NC(=O)COC(C)=O)cc2)C1. The average molecular weight is 343 g/mol. The summed E-state index contributed by atoms with van der Waals surface area (Å²) < 4.78 is 9.93. The molecule has 1 aromatic rings. The predicted molar refractivity (Wildman–Crippen MR) is 90.7 cm³/mol. The molecular weight excluding hydrogens is 322 g/mol. The summed E-state index contributed by atoms with van der Waals surface area (Å²) >= 11 is 0. The molecule has 2 unspecified atom stereocenters. The summed E-state index contributed by atoms with van der Waals surface area (Å²) in [4.78, 5) is 34.7. The molecule has 1 saturated carbocycles. The van der Waals surface area contributed by atoms with E-state index in [4.69, 9.17) is 4.74 Å². The summed E-state index contributed by atoms with van der Waals surface area (Å²) in [6.45, 7) is 5.46. The molecule has 1 aliphatic heterocycles. The fourth-order valence-corrected chi connectivity index (χ4v) is 3.70. The quantitative estimate of drug-likeness (QED) is 0.655. The molecule has 6 heteroatoms. The van der Waals surface area contributed by atoms with E-state index in [1.807, 2.05) is 12.1 Å². The van der Waals surface area contributed by atoms with Gasteiger partial charge in [0, 0.05) is 18.5 Å². The van der Waals surface area contributed by atoms with E-state index >= 15 is 0 Å². The molecule has 2 aliphatic rings. The molecule has 1 aromatic carbocycles. The number of hydrogen-bond acceptors (Lipinski definition) is 5. The topological polar surface area (TPSA) is 81.7 Å². The van der Waals surface area contributed by atoms with Gasteiger partial charge in [-0.3, -0.25) is 14.4 Å². The number of fused-ring (bicyclic) bond motifs is 1. The van der Waals surface area contributed by atoms with E-state index in [0.29, 0.717) is 25.1 Å². The Kier molecular flexibility index (Phi) is 4.61. The summed E-state index contributed by atoms with van der Waals surface area (Å²) in [5, 5.41) is 2.66. The van der Waals surface area contributed by atoms with Crippen LogP contribution in [0.4, 0.5) is 5.69 Å². The number of esters is 2. The maximum atomic E-state index is 12.3. The lowest BCUT2D eigenvalue weighted by atomic mass is 9.75. The highest BCUT2D eigenvalue weighted by atomic mass is 16.5. The molecule has 25 heavy (non-hydrogen) atoms. The van der Waals surface area contributed by atoms with Crippen LogP contribution in [0, 0.1) is 11.3 Å². The lowest BCUT2D eigenvalue weighted by Gasteiger charge is -2.24. The van der Waals surface area contributed by atoms with Gasteiger partial charge in [0.15, 0.2) is 6.61 Å². The van der Waals surface area contributed by atoms with Gasteiger partial charge >= 0.3 is 11.9 Å². The number of cyclic esters (lactones) is 1. The van der Waals surface area contributed by atoms with Crippen LogP contribution in [0.1, 0.15) is 25.3 Å². The first-order chi connectivity index (χ1) is 11.9. The van der Waals surface area contributed by atoms with Crippen LogP contribution in [0.15, 0.2) is 36.4 Å². The van der Waals surface area contributed by atoms with E-state index in [1.165, 1.54) is 6.92 Å². The lowest BCUT2D eigenvalue weighted by Crippen LogP contribution is -2.31. The molecule has 6 nitrogen and oxygen atoms in total. The number of rotatable bonds is 5. The van der Waals surface area contributed by atoms with E-state index in [0.717, 1.165) is 17.6 Å². The zero-order chi connectivity index (χ0) is 18.0. The molecule has 132 valence electrons. The number of ether oxygens (including phenoxy) is 2. The summed E-state index contributed by atoms with van der Waals surface area (Å²) in [7, 11) is 0. The Bertz CT molecular complexity index is 724. The van der Waals surface area contributed by atoms with Crippen molar-refractivity contribution >= 4 is 23.5 Å². The second kappa shape index (κ2) is 6.70. The number of carbonyl (C=O) groups is 3. The first kappa shape index (κ1) is 17.2. The van der Waals surface area contributed by atoms with E-state index in [2.05, 4.69) is 16.6 Å². The van der Waals surface area contributed by atoms with Crippen molar-refractivity contribution in [3.8, 4) is 0 Å². The Labute approximate surface area is 146 Å². The molecule has 3 rings (SSSR count). The fourth-order valence-electron chi connectivity index (χ4n) is 3.70. The van der Waals surface area contributed by atoms with Crippen molar-refractivity contribution in [2.24, 2.45) is 11.3 Å². The minimum absolute atomic E-state index is 0.130. The van der Waals surface area contributed by atoms with Crippen molar-refractivity contribution in [2.75, 3.05) is 18.5 Å². The van der Waals surface area contributed by atoms with E-state index in [1.54, 1.807) is 12.1 Å². The number of benzene rings is 1. The third-order valence-corrected chi connectivity index (χ3v) is 4.87. The van der Waals surface area contributed by atoms with Gasteiger partial charge < -0.3 is 14.8 Å². The van der Waals surface area contributed by atoms with Gasteiger partial charge in [-0.15, -0.1) is 0 Å². The number of nitrogens with one attached hydrogen (secondary N) is 1. The maximum absolute atomic E-state index is 12.3. The molecule has 2 fully saturated rings. The van der Waals surface area contributed by atoms with Crippen molar-refractivity contribution in [3.05, 3.63) is 42.0 Å². The zero-order valence-corrected chi connectivity index (χ0v) is 14.2. The highest BCUT2D eigenvalue weighted by molar-refractivity contribution is 5.92. The smallest absolute Gasteiger partial charge is 0.313 e.